The van der Waals surface area contributed by atoms with Gasteiger partial charge in [0, 0.05) is 16.6 Å². The van der Waals surface area contributed by atoms with Gasteiger partial charge in [0.25, 0.3) is 0 Å². The van der Waals surface area contributed by atoms with Crippen LogP contribution < -0.4 is 4.74 Å². The minimum absolute atomic E-state index is 0.538. The van der Waals surface area contributed by atoms with Gasteiger partial charge in [-0.2, -0.15) is 0 Å². The van der Waals surface area contributed by atoms with E-state index in [1.165, 1.54) is 0 Å². The number of hydrogen-bond acceptors (Lipinski definition) is 2. The Bertz CT molecular complexity index is 819. The van der Waals surface area contributed by atoms with E-state index in [1.807, 2.05) is 56.3 Å². The van der Waals surface area contributed by atoms with Gasteiger partial charge < -0.3 is 4.74 Å². The normalized spacial score (nSPS) is 10.6. The van der Waals surface area contributed by atoms with Crippen LogP contribution in [0.3, 0.4) is 0 Å². The number of nitrogens with zero attached hydrogens (tertiary/aromatic N) is 1. The second-order valence-corrected chi connectivity index (χ2v) is 5.53. The van der Waals surface area contributed by atoms with Crippen LogP contribution in [0.15, 0.2) is 61.2 Å². The Morgan fingerprint density at radius 3 is 2.55 bits per heavy atom. The molecule has 0 unspecified atom stereocenters. The third-order valence-electron chi connectivity index (χ3n) is 3.67. The average molecular weight is 289 g/mol. The summed E-state index contributed by atoms with van der Waals surface area (Å²) in [7, 11) is 0. The highest BCUT2D eigenvalue weighted by Crippen LogP contribution is 2.22. The summed E-state index contributed by atoms with van der Waals surface area (Å²) in [6, 6.07) is 18.3. The first kappa shape index (κ1) is 14.3. The zero-order chi connectivity index (χ0) is 15.5. The molecule has 0 N–H and O–H groups in total. The molecule has 2 nitrogen and oxygen atoms in total. The van der Waals surface area contributed by atoms with E-state index in [1.54, 1.807) is 0 Å². The van der Waals surface area contributed by atoms with E-state index in [0.29, 0.717) is 6.61 Å². The van der Waals surface area contributed by atoms with Crippen LogP contribution in [0, 0.1) is 6.92 Å². The number of para-hydroxylation sites is 1. The lowest BCUT2D eigenvalue weighted by Crippen LogP contribution is -1.98. The van der Waals surface area contributed by atoms with Crippen LogP contribution in [-0.4, -0.2) is 4.98 Å². The number of fused-ring (bicyclic) bond motifs is 1. The molecule has 2 aromatic carbocycles. The lowest BCUT2D eigenvalue weighted by atomic mass is 10.1. The van der Waals surface area contributed by atoms with Crippen molar-refractivity contribution in [2.45, 2.75) is 20.5 Å². The highest BCUT2D eigenvalue weighted by Gasteiger charge is 2.05. The van der Waals surface area contributed by atoms with Crippen LogP contribution >= 0.6 is 0 Å². The molecular formula is C20H19NO. The molecule has 0 aliphatic rings. The van der Waals surface area contributed by atoms with Crippen LogP contribution in [0.1, 0.15) is 23.7 Å². The first-order valence-corrected chi connectivity index (χ1v) is 7.37. The predicted octanol–water partition coefficient (Wildman–Crippen LogP) is 5.16. The number of ether oxygens (including phenoxy) is 1. The van der Waals surface area contributed by atoms with E-state index < -0.39 is 0 Å². The first-order valence-electron chi connectivity index (χ1n) is 7.37. The van der Waals surface area contributed by atoms with E-state index in [-0.39, 0.29) is 0 Å². The van der Waals surface area contributed by atoms with Gasteiger partial charge in [0.05, 0.1) is 5.52 Å². The van der Waals surface area contributed by atoms with Crippen molar-refractivity contribution >= 4 is 16.5 Å². The van der Waals surface area contributed by atoms with Crippen molar-refractivity contribution in [3.05, 3.63) is 78.0 Å². The SMILES string of the molecule is C=C(C)c1ccc(OCc2cc(C)nc3ccccc23)cc1. The summed E-state index contributed by atoms with van der Waals surface area (Å²) < 4.78 is 5.93. The van der Waals surface area contributed by atoms with Crippen molar-refractivity contribution in [2.75, 3.05) is 0 Å². The number of rotatable bonds is 4. The summed E-state index contributed by atoms with van der Waals surface area (Å²) in [5.41, 5.74) is 5.38. The molecule has 0 saturated carbocycles. The Kier molecular flexibility index (Phi) is 3.92. The molecule has 0 saturated heterocycles. The fourth-order valence-corrected chi connectivity index (χ4v) is 2.51. The number of benzene rings is 2. The zero-order valence-corrected chi connectivity index (χ0v) is 13.0. The molecule has 0 bridgehead atoms. The van der Waals surface area contributed by atoms with Crippen molar-refractivity contribution in [2.24, 2.45) is 0 Å². The molecule has 0 aliphatic heterocycles. The van der Waals surface area contributed by atoms with Crippen molar-refractivity contribution in [1.29, 1.82) is 0 Å². The average Bonchev–Trinajstić information content (AvgIpc) is 2.52. The van der Waals surface area contributed by atoms with Crippen LogP contribution in [0.5, 0.6) is 5.75 Å². The third-order valence-corrected chi connectivity index (χ3v) is 3.67. The molecule has 0 spiro atoms. The quantitative estimate of drug-likeness (QED) is 0.662. The van der Waals surface area contributed by atoms with E-state index in [2.05, 4.69) is 23.7 Å². The maximum atomic E-state index is 5.93. The maximum absolute atomic E-state index is 5.93. The molecule has 2 heteroatoms. The lowest BCUT2D eigenvalue weighted by Gasteiger charge is -2.10. The molecule has 0 atom stereocenters. The number of allylic oxidation sites excluding steroid dienone is 1. The highest BCUT2D eigenvalue weighted by molar-refractivity contribution is 5.82. The highest BCUT2D eigenvalue weighted by atomic mass is 16.5. The summed E-state index contributed by atoms with van der Waals surface area (Å²) in [6.07, 6.45) is 0. The summed E-state index contributed by atoms with van der Waals surface area (Å²) >= 11 is 0. The zero-order valence-electron chi connectivity index (χ0n) is 13.0. The van der Waals surface area contributed by atoms with E-state index >= 15 is 0 Å². The van der Waals surface area contributed by atoms with Crippen molar-refractivity contribution in [3.8, 4) is 5.75 Å². The van der Waals surface area contributed by atoms with Gasteiger partial charge in [-0.05, 0) is 43.7 Å². The third kappa shape index (κ3) is 3.01. The van der Waals surface area contributed by atoms with Gasteiger partial charge in [-0.1, -0.05) is 42.5 Å². The smallest absolute Gasteiger partial charge is 0.119 e. The molecule has 0 amide bonds. The molecule has 0 aliphatic carbocycles. The monoisotopic (exact) mass is 289 g/mol. The molecule has 1 aromatic heterocycles. The molecule has 3 rings (SSSR count). The van der Waals surface area contributed by atoms with Crippen LogP contribution in [0.2, 0.25) is 0 Å². The summed E-state index contributed by atoms with van der Waals surface area (Å²) in [6.45, 7) is 8.50. The first-order chi connectivity index (χ1) is 10.6. The van der Waals surface area contributed by atoms with Gasteiger partial charge in [-0.3, -0.25) is 4.98 Å². The van der Waals surface area contributed by atoms with Gasteiger partial charge >= 0.3 is 0 Å². The van der Waals surface area contributed by atoms with Gasteiger partial charge in [-0.25, -0.2) is 0 Å². The Labute approximate surface area is 131 Å². The minimum Gasteiger partial charge on any atom is -0.489 e. The molecule has 0 fully saturated rings. The van der Waals surface area contributed by atoms with E-state index in [4.69, 9.17) is 4.74 Å². The minimum atomic E-state index is 0.538. The number of pyridine rings is 1. The Balaban J connectivity index is 1.83. The van der Waals surface area contributed by atoms with Gasteiger partial charge in [0.15, 0.2) is 0 Å². The molecule has 22 heavy (non-hydrogen) atoms. The second kappa shape index (κ2) is 6.02. The number of hydrogen-bond donors (Lipinski definition) is 0. The summed E-state index contributed by atoms with van der Waals surface area (Å²) in [5.74, 6) is 0.864. The molecule has 0 radical (unpaired) electrons. The van der Waals surface area contributed by atoms with Crippen LogP contribution in [0.25, 0.3) is 16.5 Å². The van der Waals surface area contributed by atoms with Crippen LogP contribution in [0.4, 0.5) is 0 Å². The van der Waals surface area contributed by atoms with Crippen molar-refractivity contribution in [1.82, 2.24) is 4.98 Å². The Morgan fingerprint density at radius 2 is 1.82 bits per heavy atom. The second-order valence-electron chi connectivity index (χ2n) is 5.53. The molecule has 110 valence electrons. The molecule has 1 heterocycles. The topological polar surface area (TPSA) is 22.1 Å². The molecule has 3 aromatic rings. The number of aromatic nitrogens is 1. The van der Waals surface area contributed by atoms with Gasteiger partial charge in [0.1, 0.15) is 12.4 Å². The largest absolute Gasteiger partial charge is 0.489 e. The maximum Gasteiger partial charge on any atom is 0.119 e. The fraction of sp³-hybridized carbons (Fsp3) is 0.150. The standard InChI is InChI=1S/C20H19NO/c1-14(2)16-8-10-18(11-9-16)22-13-17-12-15(3)21-20-7-5-4-6-19(17)20/h4-12H,1,13H2,2-3H3. The summed E-state index contributed by atoms with van der Waals surface area (Å²) in [5, 5.41) is 1.15. The van der Waals surface area contributed by atoms with Gasteiger partial charge in [-0.15, -0.1) is 0 Å². The van der Waals surface area contributed by atoms with E-state index in [9.17, 15) is 0 Å². The summed E-state index contributed by atoms with van der Waals surface area (Å²) in [4.78, 5) is 4.56. The van der Waals surface area contributed by atoms with Crippen molar-refractivity contribution < 1.29 is 4.74 Å². The Hall–Kier alpha value is -2.61. The Morgan fingerprint density at radius 1 is 1.09 bits per heavy atom. The predicted molar refractivity (Wildman–Crippen MR) is 92.0 cm³/mol. The molecular weight excluding hydrogens is 270 g/mol. The van der Waals surface area contributed by atoms with E-state index in [0.717, 1.165) is 39.0 Å². The van der Waals surface area contributed by atoms with Gasteiger partial charge in [0.2, 0.25) is 0 Å². The lowest BCUT2D eigenvalue weighted by molar-refractivity contribution is 0.307. The number of aryl methyl sites for hydroxylation is 1. The fourth-order valence-electron chi connectivity index (χ4n) is 2.51. The van der Waals surface area contributed by atoms with Crippen molar-refractivity contribution in [3.63, 3.8) is 0 Å². The van der Waals surface area contributed by atoms with Crippen LogP contribution in [-0.2, 0) is 6.61 Å².